The first-order chi connectivity index (χ1) is 17.3. The van der Waals surface area contributed by atoms with E-state index in [0.29, 0.717) is 11.5 Å². The second-order valence-electron chi connectivity index (χ2n) is 11.7. The summed E-state index contributed by atoms with van der Waals surface area (Å²) < 4.78 is 11.3. The van der Waals surface area contributed by atoms with Crippen molar-refractivity contribution < 1.29 is 24.2 Å². The summed E-state index contributed by atoms with van der Waals surface area (Å²) >= 11 is 0. The van der Waals surface area contributed by atoms with Crippen LogP contribution in [0, 0.1) is 29.1 Å². The van der Waals surface area contributed by atoms with Crippen molar-refractivity contribution in [3.8, 4) is 0 Å². The van der Waals surface area contributed by atoms with Crippen molar-refractivity contribution >= 4 is 11.9 Å². The summed E-state index contributed by atoms with van der Waals surface area (Å²) in [5.74, 6) is 1.92. The summed E-state index contributed by atoms with van der Waals surface area (Å²) in [7, 11) is 0. The highest BCUT2D eigenvalue weighted by Gasteiger charge is 2.43. The lowest BCUT2D eigenvalue weighted by Crippen LogP contribution is -2.43. The Kier molecular flexibility index (Phi) is 13.3. The van der Waals surface area contributed by atoms with Crippen molar-refractivity contribution in [2.45, 2.75) is 111 Å². The fraction of sp³-hybridized carbons (Fsp3) is 0.806. The molecule has 2 saturated carbocycles. The van der Waals surface area contributed by atoms with E-state index in [9.17, 15) is 14.7 Å². The van der Waals surface area contributed by atoms with E-state index in [1.807, 2.05) is 0 Å². The quantitative estimate of drug-likeness (QED) is 0.145. The predicted octanol–water partition coefficient (Wildman–Crippen LogP) is 7.18. The van der Waals surface area contributed by atoms with Gasteiger partial charge in [0, 0.05) is 11.0 Å². The summed E-state index contributed by atoms with van der Waals surface area (Å²) in [4.78, 5) is 24.6. The Balaban J connectivity index is 2.01. The summed E-state index contributed by atoms with van der Waals surface area (Å²) in [6.45, 7) is 13.3. The Hall–Kier alpha value is -1.62. The van der Waals surface area contributed by atoms with Gasteiger partial charge in [-0.2, -0.15) is 0 Å². The van der Waals surface area contributed by atoms with Crippen LogP contribution in [0.5, 0.6) is 0 Å². The molecule has 0 aliphatic heterocycles. The van der Waals surface area contributed by atoms with E-state index in [4.69, 9.17) is 9.47 Å². The van der Waals surface area contributed by atoms with Crippen molar-refractivity contribution in [3.63, 3.8) is 0 Å². The molecule has 0 heterocycles. The second-order valence-corrected chi connectivity index (χ2v) is 11.7. The van der Waals surface area contributed by atoms with E-state index in [0.717, 1.165) is 43.4 Å². The van der Waals surface area contributed by atoms with E-state index in [2.05, 4.69) is 27.0 Å². The van der Waals surface area contributed by atoms with E-state index >= 15 is 0 Å². The number of rotatable bonds is 15. The third-order valence-corrected chi connectivity index (χ3v) is 8.97. The molecule has 2 rings (SSSR count). The minimum Gasteiger partial charge on any atom is -0.462 e. The maximum Gasteiger partial charge on any atom is 0.335 e. The molecule has 1 atom stereocenters. The second kappa shape index (κ2) is 15.6. The highest BCUT2D eigenvalue weighted by Crippen LogP contribution is 2.48. The Morgan fingerprint density at radius 2 is 1.39 bits per heavy atom. The summed E-state index contributed by atoms with van der Waals surface area (Å²) in [6.07, 6.45) is 17.3. The largest absolute Gasteiger partial charge is 0.462 e. The molecule has 2 fully saturated rings. The molecular formula is C31H52O5. The number of unbranched alkanes of at least 4 members (excludes halogenated alkanes) is 2. The van der Waals surface area contributed by atoms with Crippen LogP contribution in [0.25, 0.3) is 0 Å². The van der Waals surface area contributed by atoms with Crippen LogP contribution in [0.15, 0.2) is 24.3 Å². The normalized spacial score (nSPS) is 26.0. The van der Waals surface area contributed by atoms with Crippen molar-refractivity contribution in [2.24, 2.45) is 29.1 Å². The minimum absolute atomic E-state index is 0.0494. The van der Waals surface area contributed by atoms with Gasteiger partial charge in [0.2, 0.25) is 0 Å². The topological polar surface area (TPSA) is 72.8 Å². The van der Waals surface area contributed by atoms with Gasteiger partial charge in [0.25, 0.3) is 0 Å². The van der Waals surface area contributed by atoms with Crippen LogP contribution >= 0.6 is 0 Å². The third-order valence-electron chi connectivity index (χ3n) is 8.97. The molecule has 2 aliphatic carbocycles. The molecule has 206 valence electrons. The number of aliphatic hydroxyl groups is 1. The molecule has 36 heavy (non-hydrogen) atoms. The maximum absolute atomic E-state index is 12.3. The molecule has 0 saturated heterocycles. The number of aliphatic hydroxyl groups excluding tert-OH is 1. The lowest BCUT2D eigenvalue weighted by molar-refractivity contribution is -0.155. The number of esters is 2. The minimum atomic E-state index is -0.575. The lowest BCUT2D eigenvalue weighted by atomic mass is 9.62. The predicted molar refractivity (Wildman–Crippen MR) is 145 cm³/mol. The zero-order chi connectivity index (χ0) is 26.6. The summed E-state index contributed by atoms with van der Waals surface area (Å²) in [5, 5.41) is 9.27. The first-order valence-corrected chi connectivity index (χ1v) is 14.5. The van der Waals surface area contributed by atoms with Gasteiger partial charge < -0.3 is 14.6 Å². The molecule has 0 spiro atoms. The Morgan fingerprint density at radius 3 is 1.89 bits per heavy atom. The zero-order valence-corrected chi connectivity index (χ0v) is 23.3. The van der Waals surface area contributed by atoms with Crippen molar-refractivity contribution in [2.75, 3.05) is 19.8 Å². The van der Waals surface area contributed by atoms with Crippen LogP contribution in [0.1, 0.15) is 111 Å². The molecule has 0 bridgehead atoms. The number of carbonyl (C=O) groups excluding carboxylic acids is 2. The number of hydrogen-bond donors (Lipinski definition) is 1. The Labute approximate surface area is 220 Å². The van der Waals surface area contributed by atoms with Crippen LogP contribution in [0.2, 0.25) is 0 Å². The van der Waals surface area contributed by atoms with Gasteiger partial charge in [0.05, 0.1) is 12.2 Å². The molecular weight excluding hydrogens is 452 g/mol. The zero-order valence-electron chi connectivity index (χ0n) is 23.3. The molecule has 1 N–H and O–H groups in total. The molecule has 0 aromatic heterocycles. The van der Waals surface area contributed by atoms with E-state index < -0.39 is 24.0 Å². The highest BCUT2D eigenvalue weighted by atomic mass is 16.5. The SMILES string of the molecule is C=C(C)C(=O)OCC(CCC)(COC(=O)C(=C)CO)C1CCC(C2CCC(CCCCC)CC2)CC1. The Bertz CT molecular complexity index is 712. The van der Waals surface area contributed by atoms with Crippen LogP contribution in [0.4, 0.5) is 0 Å². The van der Waals surface area contributed by atoms with Crippen molar-refractivity contribution in [3.05, 3.63) is 24.3 Å². The maximum atomic E-state index is 12.3. The molecule has 2 aliphatic rings. The summed E-state index contributed by atoms with van der Waals surface area (Å²) in [6, 6.07) is 0. The van der Waals surface area contributed by atoms with Crippen LogP contribution in [-0.2, 0) is 19.1 Å². The number of hydrogen-bond acceptors (Lipinski definition) is 5. The van der Waals surface area contributed by atoms with Gasteiger partial charge in [-0.05, 0) is 75.5 Å². The lowest BCUT2D eigenvalue weighted by Gasteiger charge is -2.45. The van der Waals surface area contributed by atoms with Crippen LogP contribution in [0.3, 0.4) is 0 Å². The van der Waals surface area contributed by atoms with Gasteiger partial charge >= 0.3 is 11.9 Å². The van der Waals surface area contributed by atoms with Crippen molar-refractivity contribution in [1.82, 2.24) is 0 Å². The Morgan fingerprint density at radius 1 is 0.833 bits per heavy atom. The van der Waals surface area contributed by atoms with Gasteiger partial charge in [-0.15, -0.1) is 0 Å². The average molecular weight is 505 g/mol. The third kappa shape index (κ3) is 9.04. The van der Waals surface area contributed by atoms with Gasteiger partial charge in [0.15, 0.2) is 0 Å². The highest BCUT2D eigenvalue weighted by molar-refractivity contribution is 5.88. The molecule has 5 heteroatoms. The number of carbonyl (C=O) groups is 2. The smallest absolute Gasteiger partial charge is 0.335 e. The molecule has 0 aromatic carbocycles. The molecule has 0 radical (unpaired) electrons. The summed E-state index contributed by atoms with van der Waals surface area (Å²) in [5.41, 5.74) is 0.000987. The van der Waals surface area contributed by atoms with Crippen molar-refractivity contribution in [1.29, 1.82) is 0 Å². The molecule has 5 nitrogen and oxygen atoms in total. The molecule has 1 unspecified atom stereocenters. The van der Waals surface area contributed by atoms with E-state index in [-0.39, 0.29) is 18.8 Å². The standard InChI is InChI=1S/C31H52O5/c1-6-8-9-10-25-11-13-26(14-12-25)27-15-17-28(18-16-27)31(19-7-2,21-35-29(33)23(3)4)22-36-30(34)24(5)20-32/h25-28,32H,3,5-22H2,1-2,4H3. The monoisotopic (exact) mass is 504 g/mol. The van der Waals surface area contributed by atoms with Crippen LogP contribution < -0.4 is 0 Å². The van der Waals surface area contributed by atoms with Crippen LogP contribution in [-0.4, -0.2) is 36.9 Å². The van der Waals surface area contributed by atoms with Gasteiger partial charge in [-0.3, -0.25) is 0 Å². The molecule has 0 amide bonds. The fourth-order valence-corrected chi connectivity index (χ4v) is 6.67. The van der Waals surface area contributed by atoms with Gasteiger partial charge in [-0.1, -0.05) is 72.0 Å². The first kappa shape index (κ1) is 30.6. The van der Waals surface area contributed by atoms with E-state index in [1.165, 1.54) is 64.2 Å². The van der Waals surface area contributed by atoms with E-state index in [1.54, 1.807) is 6.92 Å². The van der Waals surface area contributed by atoms with Gasteiger partial charge in [-0.25, -0.2) is 9.59 Å². The fourth-order valence-electron chi connectivity index (χ4n) is 6.67. The average Bonchev–Trinajstić information content (AvgIpc) is 2.90. The molecule has 0 aromatic rings. The first-order valence-electron chi connectivity index (χ1n) is 14.5. The number of ether oxygens (including phenoxy) is 2. The van der Waals surface area contributed by atoms with Gasteiger partial charge in [0.1, 0.15) is 13.2 Å².